The Bertz CT molecular complexity index is 247. The van der Waals surface area contributed by atoms with Crippen molar-refractivity contribution in [1.29, 1.82) is 0 Å². The number of rotatable bonds is 4. The molecule has 3 nitrogen and oxygen atoms in total. The predicted molar refractivity (Wildman–Crippen MR) is 73.9 cm³/mol. The summed E-state index contributed by atoms with van der Waals surface area (Å²) in [5.74, 6) is 0. The van der Waals surface area contributed by atoms with Crippen molar-refractivity contribution in [3.05, 3.63) is 0 Å². The monoisotopic (exact) mass is 252 g/mol. The molecule has 3 aliphatic rings. The van der Waals surface area contributed by atoms with Crippen molar-refractivity contribution in [1.82, 2.24) is 9.80 Å². The van der Waals surface area contributed by atoms with E-state index in [1.54, 1.807) is 0 Å². The van der Waals surface area contributed by atoms with Crippen molar-refractivity contribution in [2.24, 2.45) is 0 Å². The van der Waals surface area contributed by atoms with Gasteiger partial charge in [0.15, 0.2) is 0 Å². The van der Waals surface area contributed by atoms with Gasteiger partial charge in [-0.05, 0) is 64.6 Å². The molecule has 0 aliphatic carbocycles. The van der Waals surface area contributed by atoms with Crippen LogP contribution in [0.25, 0.3) is 0 Å². The number of nitrogens with zero attached hydrogens (tertiary/aromatic N) is 2. The lowest BCUT2D eigenvalue weighted by atomic mass is 10.0. The number of hydrogen-bond donors (Lipinski definition) is 0. The summed E-state index contributed by atoms with van der Waals surface area (Å²) in [4.78, 5) is 5.42. The first-order valence-electron chi connectivity index (χ1n) is 8.00. The van der Waals surface area contributed by atoms with Gasteiger partial charge < -0.3 is 9.64 Å². The van der Waals surface area contributed by atoms with Crippen LogP contribution in [0.3, 0.4) is 0 Å². The quantitative estimate of drug-likeness (QED) is 0.762. The molecule has 0 aromatic rings. The highest BCUT2D eigenvalue weighted by atomic mass is 16.5. The maximum absolute atomic E-state index is 5.73. The largest absolute Gasteiger partial charge is 0.378 e. The minimum absolute atomic E-state index is 0.567. The average Bonchev–Trinajstić information content (AvgIpc) is 3.10. The second-order valence-corrected chi connectivity index (χ2v) is 6.26. The van der Waals surface area contributed by atoms with Crippen LogP contribution in [0.15, 0.2) is 0 Å². The fourth-order valence-electron chi connectivity index (χ4n) is 3.84. The van der Waals surface area contributed by atoms with Gasteiger partial charge in [-0.3, -0.25) is 4.90 Å². The summed E-state index contributed by atoms with van der Waals surface area (Å²) < 4.78 is 5.73. The average molecular weight is 252 g/mol. The van der Waals surface area contributed by atoms with Crippen LogP contribution in [0, 0.1) is 0 Å². The second kappa shape index (κ2) is 6.36. The summed E-state index contributed by atoms with van der Waals surface area (Å²) in [6.45, 7) is 7.59. The van der Waals surface area contributed by atoms with Crippen LogP contribution in [0.4, 0.5) is 0 Å². The molecular formula is C15H28N2O. The maximum atomic E-state index is 5.73. The lowest BCUT2D eigenvalue weighted by molar-refractivity contribution is 0.0730. The van der Waals surface area contributed by atoms with Gasteiger partial charge in [-0.15, -0.1) is 0 Å². The first-order chi connectivity index (χ1) is 8.92. The standard InChI is InChI=1S/C15H28N2O/c1-2-10-17(9-1)14-5-3-8-16(13-14)11-7-15-6-4-12-18-15/h14-15H,1-13H2/t14-,15+/m1/s1. The van der Waals surface area contributed by atoms with Gasteiger partial charge in [0.2, 0.25) is 0 Å². The Kier molecular flexibility index (Phi) is 4.55. The highest BCUT2D eigenvalue weighted by molar-refractivity contribution is 4.83. The van der Waals surface area contributed by atoms with Crippen LogP contribution in [0.2, 0.25) is 0 Å². The van der Waals surface area contributed by atoms with Crippen LogP contribution in [0.1, 0.15) is 44.9 Å². The zero-order valence-electron chi connectivity index (χ0n) is 11.6. The fraction of sp³-hybridized carbons (Fsp3) is 1.00. The minimum Gasteiger partial charge on any atom is -0.378 e. The van der Waals surface area contributed by atoms with Crippen LogP contribution < -0.4 is 0 Å². The van der Waals surface area contributed by atoms with Gasteiger partial charge >= 0.3 is 0 Å². The smallest absolute Gasteiger partial charge is 0.0588 e. The molecule has 3 rings (SSSR count). The fourth-order valence-corrected chi connectivity index (χ4v) is 3.84. The van der Waals surface area contributed by atoms with E-state index in [4.69, 9.17) is 4.74 Å². The van der Waals surface area contributed by atoms with E-state index in [0.717, 1.165) is 12.6 Å². The summed E-state index contributed by atoms with van der Waals surface area (Å²) in [6, 6.07) is 0.853. The molecular weight excluding hydrogens is 224 g/mol. The molecule has 3 heteroatoms. The van der Waals surface area contributed by atoms with Gasteiger partial charge in [-0.1, -0.05) is 0 Å². The minimum atomic E-state index is 0.567. The van der Waals surface area contributed by atoms with Crippen LogP contribution >= 0.6 is 0 Å². The topological polar surface area (TPSA) is 15.7 Å². The van der Waals surface area contributed by atoms with E-state index in [-0.39, 0.29) is 0 Å². The van der Waals surface area contributed by atoms with E-state index in [2.05, 4.69) is 9.80 Å². The Labute approximate surface area is 111 Å². The maximum Gasteiger partial charge on any atom is 0.0588 e. The Hall–Kier alpha value is -0.120. The molecule has 0 amide bonds. The van der Waals surface area contributed by atoms with Crippen molar-refractivity contribution in [2.45, 2.75) is 57.1 Å². The molecule has 0 aromatic carbocycles. The third-order valence-electron chi connectivity index (χ3n) is 4.93. The first kappa shape index (κ1) is 12.9. The van der Waals surface area contributed by atoms with E-state index in [1.807, 2.05) is 0 Å². The van der Waals surface area contributed by atoms with Crippen molar-refractivity contribution >= 4 is 0 Å². The van der Waals surface area contributed by atoms with E-state index in [9.17, 15) is 0 Å². The summed E-state index contributed by atoms with van der Waals surface area (Å²) in [6.07, 6.45) is 10.1. The molecule has 3 aliphatic heterocycles. The number of piperidine rings is 1. The van der Waals surface area contributed by atoms with Crippen LogP contribution in [0.5, 0.6) is 0 Å². The summed E-state index contributed by atoms with van der Waals surface area (Å²) in [5, 5.41) is 0. The van der Waals surface area contributed by atoms with E-state index < -0.39 is 0 Å². The summed E-state index contributed by atoms with van der Waals surface area (Å²) in [7, 11) is 0. The van der Waals surface area contributed by atoms with Crippen molar-refractivity contribution in [2.75, 3.05) is 39.3 Å². The van der Waals surface area contributed by atoms with Gasteiger partial charge in [0.05, 0.1) is 6.10 Å². The molecule has 0 spiro atoms. The molecule has 3 heterocycles. The Morgan fingerprint density at radius 1 is 0.944 bits per heavy atom. The van der Waals surface area contributed by atoms with Gasteiger partial charge in [-0.25, -0.2) is 0 Å². The van der Waals surface area contributed by atoms with Crippen molar-refractivity contribution < 1.29 is 4.74 Å². The molecule has 0 radical (unpaired) electrons. The lowest BCUT2D eigenvalue weighted by Gasteiger charge is -2.37. The zero-order valence-corrected chi connectivity index (χ0v) is 11.6. The molecule has 0 aromatic heterocycles. The molecule has 0 unspecified atom stereocenters. The molecule has 0 bridgehead atoms. The highest BCUT2D eigenvalue weighted by Gasteiger charge is 2.27. The molecule has 104 valence electrons. The highest BCUT2D eigenvalue weighted by Crippen LogP contribution is 2.22. The van der Waals surface area contributed by atoms with Gasteiger partial charge in [0.25, 0.3) is 0 Å². The summed E-state index contributed by atoms with van der Waals surface area (Å²) in [5.41, 5.74) is 0. The molecule has 3 saturated heterocycles. The third-order valence-corrected chi connectivity index (χ3v) is 4.93. The van der Waals surface area contributed by atoms with E-state index in [0.29, 0.717) is 6.10 Å². The number of ether oxygens (including phenoxy) is 1. The van der Waals surface area contributed by atoms with Gasteiger partial charge in [0.1, 0.15) is 0 Å². The predicted octanol–water partition coefficient (Wildman–Crippen LogP) is 2.12. The summed E-state index contributed by atoms with van der Waals surface area (Å²) >= 11 is 0. The Morgan fingerprint density at radius 3 is 2.61 bits per heavy atom. The first-order valence-corrected chi connectivity index (χ1v) is 8.00. The van der Waals surface area contributed by atoms with Gasteiger partial charge in [-0.2, -0.15) is 0 Å². The van der Waals surface area contributed by atoms with Gasteiger partial charge in [0, 0.05) is 25.7 Å². The Morgan fingerprint density at radius 2 is 1.83 bits per heavy atom. The molecule has 2 atom stereocenters. The number of likely N-dealkylation sites (tertiary alicyclic amines) is 2. The van der Waals surface area contributed by atoms with Crippen molar-refractivity contribution in [3.8, 4) is 0 Å². The van der Waals surface area contributed by atoms with E-state index in [1.165, 1.54) is 77.7 Å². The Balaban J connectivity index is 1.41. The van der Waals surface area contributed by atoms with E-state index >= 15 is 0 Å². The van der Waals surface area contributed by atoms with Crippen LogP contribution in [-0.2, 0) is 4.74 Å². The third kappa shape index (κ3) is 3.25. The van der Waals surface area contributed by atoms with Crippen molar-refractivity contribution in [3.63, 3.8) is 0 Å². The molecule has 0 saturated carbocycles. The molecule has 3 fully saturated rings. The molecule has 18 heavy (non-hydrogen) atoms. The SMILES string of the molecule is C1CO[C@H](CCN2CCC[C@@H](N3CCCC3)C2)C1. The normalized spacial score (nSPS) is 35.3. The molecule has 0 N–H and O–H groups in total. The lowest BCUT2D eigenvalue weighted by Crippen LogP contribution is -2.47. The zero-order chi connectivity index (χ0) is 12.2. The number of hydrogen-bond acceptors (Lipinski definition) is 3. The second-order valence-electron chi connectivity index (χ2n) is 6.26. The van der Waals surface area contributed by atoms with Crippen LogP contribution in [-0.4, -0.2) is 61.3 Å².